The Balaban J connectivity index is 1.97. The number of hydrogen-bond acceptors (Lipinski definition) is 6. The number of methoxy groups -OCH3 is 1. The van der Waals surface area contributed by atoms with Crippen LogP contribution in [0.15, 0.2) is 24.5 Å². The Morgan fingerprint density at radius 1 is 1.30 bits per heavy atom. The fourth-order valence-corrected chi connectivity index (χ4v) is 4.26. The molecule has 1 N–H and O–H groups in total. The predicted octanol–water partition coefficient (Wildman–Crippen LogP) is 4.76. The van der Waals surface area contributed by atoms with Crippen LogP contribution in [0.2, 0.25) is 5.02 Å². The number of nitrogens with one attached hydrogen (secondary N) is 1. The van der Waals surface area contributed by atoms with Crippen LogP contribution in [0.25, 0.3) is 10.2 Å². The number of benzene rings is 1. The zero-order valence-corrected chi connectivity index (χ0v) is 17.2. The second-order valence-electron chi connectivity index (χ2n) is 5.91. The molecule has 8 heteroatoms. The van der Waals surface area contributed by atoms with Gasteiger partial charge in [-0.3, -0.25) is 4.79 Å². The molecular weight excluding hydrogens is 384 g/mol. The van der Waals surface area contributed by atoms with Crippen LogP contribution >= 0.6 is 22.9 Å². The zero-order chi connectivity index (χ0) is 19.6. The highest BCUT2D eigenvalue weighted by Crippen LogP contribution is 2.35. The largest absolute Gasteiger partial charge is 0.495 e. The van der Waals surface area contributed by atoms with Crippen molar-refractivity contribution >= 4 is 50.6 Å². The number of thiophene rings is 1. The molecule has 0 atom stereocenters. The fraction of sp³-hybridized carbons (Fsp3) is 0.316. The van der Waals surface area contributed by atoms with Crippen LogP contribution in [0.4, 0.5) is 11.5 Å². The van der Waals surface area contributed by atoms with E-state index in [2.05, 4.69) is 34.0 Å². The molecule has 0 aliphatic heterocycles. The summed E-state index contributed by atoms with van der Waals surface area (Å²) in [4.78, 5) is 25.3. The summed E-state index contributed by atoms with van der Waals surface area (Å²) >= 11 is 7.51. The molecular formula is C19H21ClN4O2S. The number of ether oxygens (including phenoxy) is 1. The Morgan fingerprint density at radius 2 is 2.04 bits per heavy atom. The third-order valence-electron chi connectivity index (χ3n) is 4.39. The summed E-state index contributed by atoms with van der Waals surface area (Å²) in [6.07, 6.45) is 1.55. The van der Waals surface area contributed by atoms with E-state index in [0.717, 1.165) is 34.7 Å². The van der Waals surface area contributed by atoms with Gasteiger partial charge >= 0.3 is 0 Å². The summed E-state index contributed by atoms with van der Waals surface area (Å²) in [5.74, 6) is 1.24. The molecule has 1 amide bonds. The normalized spacial score (nSPS) is 10.9. The van der Waals surface area contributed by atoms with Gasteiger partial charge in [-0.25, -0.2) is 9.97 Å². The van der Waals surface area contributed by atoms with E-state index in [1.807, 2.05) is 6.92 Å². The van der Waals surface area contributed by atoms with Gasteiger partial charge in [0.05, 0.1) is 22.4 Å². The Kier molecular flexibility index (Phi) is 5.82. The van der Waals surface area contributed by atoms with Crippen LogP contribution in [0, 0.1) is 6.92 Å². The van der Waals surface area contributed by atoms with Gasteiger partial charge in [-0.05, 0) is 44.5 Å². The molecule has 3 aromatic rings. The number of rotatable bonds is 6. The van der Waals surface area contributed by atoms with Crippen molar-refractivity contribution in [2.45, 2.75) is 20.8 Å². The highest BCUT2D eigenvalue weighted by Gasteiger charge is 2.21. The smallest absolute Gasteiger partial charge is 0.266 e. The van der Waals surface area contributed by atoms with Gasteiger partial charge in [-0.1, -0.05) is 11.6 Å². The second-order valence-corrected chi connectivity index (χ2v) is 7.32. The summed E-state index contributed by atoms with van der Waals surface area (Å²) in [6.45, 7) is 7.78. The summed E-state index contributed by atoms with van der Waals surface area (Å²) in [7, 11) is 1.55. The summed E-state index contributed by atoms with van der Waals surface area (Å²) in [5, 5.41) is 4.28. The van der Waals surface area contributed by atoms with Crippen LogP contribution in [0.1, 0.15) is 29.1 Å². The van der Waals surface area contributed by atoms with Crippen molar-refractivity contribution in [3.63, 3.8) is 0 Å². The minimum Gasteiger partial charge on any atom is -0.495 e. The molecule has 142 valence electrons. The van der Waals surface area contributed by atoms with Gasteiger partial charge < -0.3 is 15.0 Å². The van der Waals surface area contributed by atoms with Crippen molar-refractivity contribution < 1.29 is 9.53 Å². The van der Waals surface area contributed by atoms with Gasteiger partial charge in [-0.2, -0.15) is 0 Å². The molecule has 3 rings (SSSR count). The fourth-order valence-electron chi connectivity index (χ4n) is 2.96. The van der Waals surface area contributed by atoms with Gasteiger partial charge in [0.1, 0.15) is 22.7 Å². The van der Waals surface area contributed by atoms with Crippen molar-refractivity contribution in [2.75, 3.05) is 30.4 Å². The molecule has 2 aromatic heterocycles. The number of fused-ring (bicyclic) bond motifs is 1. The van der Waals surface area contributed by atoms with E-state index in [9.17, 15) is 4.79 Å². The predicted molar refractivity (Wildman–Crippen MR) is 112 cm³/mol. The van der Waals surface area contributed by atoms with Gasteiger partial charge in [0.15, 0.2) is 0 Å². The van der Waals surface area contributed by atoms with Crippen molar-refractivity contribution in [1.82, 2.24) is 9.97 Å². The number of carbonyl (C=O) groups excluding carboxylic acids is 1. The standard InChI is InChI=1S/C19H21ClN4O2S/c1-5-24(6-2)17-15-11(3)16(27-19(15)22-10-21-17)18(25)23-12-7-8-14(26-4)13(20)9-12/h7-10H,5-6H2,1-4H3,(H,23,25). The molecule has 0 fully saturated rings. The van der Waals surface area contributed by atoms with Crippen molar-refractivity contribution in [2.24, 2.45) is 0 Å². The van der Waals surface area contributed by atoms with Crippen LogP contribution in [-0.2, 0) is 0 Å². The number of amides is 1. The van der Waals surface area contributed by atoms with Gasteiger partial charge in [0, 0.05) is 18.8 Å². The number of anilines is 2. The van der Waals surface area contributed by atoms with E-state index in [4.69, 9.17) is 16.3 Å². The van der Waals surface area contributed by atoms with E-state index in [1.54, 1.807) is 31.6 Å². The maximum absolute atomic E-state index is 12.9. The van der Waals surface area contributed by atoms with Gasteiger partial charge in [0.25, 0.3) is 5.91 Å². The lowest BCUT2D eigenvalue weighted by Gasteiger charge is -2.20. The number of carbonyl (C=O) groups is 1. The van der Waals surface area contributed by atoms with Crippen molar-refractivity contribution in [3.05, 3.63) is 40.0 Å². The van der Waals surface area contributed by atoms with E-state index < -0.39 is 0 Å². The number of hydrogen-bond donors (Lipinski definition) is 1. The average Bonchev–Trinajstić information content (AvgIpc) is 3.00. The highest BCUT2D eigenvalue weighted by molar-refractivity contribution is 7.20. The molecule has 2 heterocycles. The minimum absolute atomic E-state index is 0.192. The molecule has 0 saturated carbocycles. The topological polar surface area (TPSA) is 67.4 Å². The first-order chi connectivity index (χ1) is 13.0. The minimum atomic E-state index is -0.192. The first-order valence-corrected chi connectivity index (χ1v) is 9.83. The van der Waals surface area contributed by atoms with E-state index in [1.165, 1.54) is 11.3 Å². The molecule has 27 heavy (non-hydrogen) atoms. The van der Waals surface area contributed by atoms with E-state index in [0.29, 0.717) is 21.3 Å². The lowest BCUT2D eigenvalue weighted by atomic mass is 10.2. The molecule has 0 aliphatic carbocycles. The second kappa shape index (κ2) is 8.10. The monoisotopic (exact) mass is 404 g/mol. The summed E-state index contributed by atoms with van der Waals surface area (Å²) < 4.78 is 5.14. The highest BCUT2D eigenvalue weighted by atomic mass is 35.5. The summed E-state index contributed by atoms with van der Waals surface area (Å²) in [6, 6.07) is 5.15. The number of halogens is 1. The third-order valence-corrected chi connectivity index (χ3v) is 5.88. The maximum atomic E-state index is 12.9. The molecule has 0 bridgehead atoms. The molecule has 0 saturated heterocycles. The molecule has 6 nitrogen and oxygen atoms in total. The lowest BCUT2D eigenvalue weighted by Crippen LogP contribution is -2.23. The van der Waals surface area contributed by atoms with Gasteiger partial charge in [-0.15, -0.1) is 11.3 Å². The van der Waals surface area contributed by atoms with Crippen LogP contribution in [-0.4, -0.2) is 36.1 Å². The van der Waals surface area contributed by atoms with E-state index >= 15 is 0 Å². The Hall–Kier alpha value is -2.38. The quantitative estimate of drug-likeness (QED) is 0.641. The zero-order valence-electron chi connectivity index (χ0n) is 15.7. The Morgan fingerprint density at radius 3 is 2.67 bits per heavy atom. The molecule has 1 aromatic carbocycles. The molecule has 0 spiro atoms. The third kappa shape index (κ3) is 3.70. The molecule has 0 aliphatic rings. The van der Waals surface area contributed by atoms with Crippen LogP contribution < -0.4 is 15.0 Å². The Labute approximate surface area is 167 Å². The summed E-state index contributed by atoms with van der Waals surface area (Å²) in [5.41, 5.74) is 1.49. The van der Waals surface area contributed by atoms with Gasteiger partial charge in [0.2, 0.25) is 0 Å². The molecule has 0 radical (unpaired) electrons. The van der Waals surface area contributed by atoms with Crippen molar-refractivity contribution in [3.8, 4) is 5.75 Å². The maximum Gasteiger partial charge on any atom is 0.266 e. The SMILES string of the molecule is CCN(CC)c1ncnc2sc(C(=O)Nc3ccc(OC)c(Cl)c3)c(C)c12. The first-order valence-electron chi connectivity index (χ1n) is 8.64. The molecule has 0 unspecified atom stereocenters. The average molecular weight is 405 g/mol. The number of aryl methyl sites for hydroxylation is 1. The lowest BCUT2D eigenvalue weighted by molar-refractivity contribution is 0.103. The number of aromatic nitrogens is 2. The van der Waals surface area contributed by atoms with Crippen molar-refractivity contribution in [1.29, 1.82) is 0 Å². The van der Waals surface area contributed by atoms with E-state index in [-0.39, 0.29) is 5.91 Å². The first kappa shape index (κ1) is 19.4. The van der Waals surface area contributed by atoms with Crippen LogP contribution in [0.5, 0.6) is 5.75 Å². The number of nitrogens with zero attached hydrogens (tertiary/aromatic N) is 3. The van der Waals surface area contributed by atoms with Crippen LogP contribution in [0.3, 0.4) is 0 Å². The Bertz CT molecular complexity index is 985.